The van der Waals surface area contributed by atoms with Crippen molar-refractivity contribution in [3.8, 4) is 11.5 Å². The number of hydrogen-bond donors (Lipinski definition) is 1. The van der Waals surface area contributed by atoms with E-state index in [1.807, 2.05) is 25.1 Å². The normalized spacial score (nSPS) is 18.4. The molecule has 1 fully saturated rings. The van der Waals surface area contributed by atoms with Crippen LogP contribution in [0.2, 0.25) is 5.02 Å². The van der Waals surface area contributed by atoms with Crippen molar-refractivity contribution in [1.82, 2.24) is 10.1 Å². The van der Waals surface area contributed by atoms with Crippen molar-refractivity contribution in [1.29, 1.82) is 0 Å². The van der Waals surface area contributed by atoms with E-state index < -0.39 is 5.54 Å². The maximum atomic E-state index is 6.52. The van der Waals surface area contributed by atoms with Crippen molar-refractivity contribution in [2.24, 2.45) is 5.73 Å². The lowest BCUT2D eigenvalue weighted by Crippen LogP contribution is -2.37. The number of halogens is 1. The lowest BCUT2D eigenvalue weighted by molar-refractivity contribution is 0.334. The first-order chi connectivity index (χ1) is 10.1. The first kappa shape index (κ1) is 14.5. The van der Waals surface area contributed by atoms with Gasteiger partial charge in [-0.1, -0.05) is 42.4 Å². The molecule has 1 saturated carbocycles. The van der Waals surface area contributed by atoms with E-state index in [1.54, 1.807) is 0 Å². The summed E-state index contributed by atoms with van der Waals surface area (Å²) >= 11 is 6.05. The van der Waals surface area contributed by atoms with E-state index >= 15 is 0 Å². The summed E-state index contributed by atoms with van der Waals surface area (Å²) in [7, 11) is 0. The average Bonchev–Trinajstić information content (AvgIpc) is 2.86. The molecule has 3 rings (SSSR count). The molecule has 21 heavy (non-hydrogen) atoms. The Balaban J connectivity index is 1.90. The Bertz CT molecular complexity index is 630. The second kappa shape index (κ2) is 5.78. The average molecular weight is 306 g/mol. The molecular formula is C16H20ClN3O. The van der Waals surface area contributed by atoms with E-state index in [2.05, 4.69) is 10.1 Å². The Morgan fingerprint density at radius 2 is 1.90 bits per heavy atom. The first-order valence-electron chi connectivity index (χ1n) is 7.48. The van der Waals surface area contributed by atoms with Gasteiger partial charge in [0.15, 0.2) is 5.82 Å². The molecule has 1 aliphatic carbocycles. The van der Waals surface area contributed by atoms with E-state index in [0.29, 0.717) is 11.7 Å². The largest absolute Gasteiger partial charge is 0.334 e. The monoisotopic (exact) mass is 305 g/mol. The zero-order valence-electron chi connectivity index (χ0n) is 12.2. The first-order valence-corrected chi connectivity index (χ1v) is 7.86. The zero-order chi connectivity index (χ0) is 14.9. The Kier molecular flexibility index (Phi) is 4.00. The maximum absolute atomic E-state index is 6.52. The Morgan fingerprint density at radius 1 is 1.19 bits per heavy atom. The van der Waals surface area contributed by atoms with Gasteiger partial charge in [0.1, 0.15) is 0 Å². The number of nitrogens with zero attached hydrogens (tertiary/aromatic N) is 2. The summed E-state index contributed by atoms with van der Waals surface area (Å²) in [5.41, 5.74) is 7.95. The lowest BCUT2D eigenvalue weighted by atomic mass is 9.91. The molecule has 0 aliphatic heterocycles. The predicted octanol–water partition coefficient (Wildman–Crippen LogP) is 4.21. The molecule has 1 aliphatic rings. The van der Waals surface area contributed by atoms with Gasteiger partial charge in [-0.25, -0.2) is 0 Å². The molecule has 5 heteroatoms. The third-order valence-electron chi connectivity index (χ3n) is 4.27. The van der Waals surface area contributed by atoms with Crippen LogP contribution in [-0.4, -0.2) is 10.1 Å². The number of benzene rings is 1. The molecule has 0 amide bonds. The molecule has 0 atom stereocenters. The zero-order valence-corrected chi connectivity index (χ0v) is 13.0. The van der Waals surface area contributed by atoms with Gasteiger partial charge in [0.25, 0.3) is 5.89 Å². The highest BCUT2D eigenvalue weighted by molar-refractivity contribution is 6.31. The summed E-state index contributed by atoms with van der Waals surface area (Å²) in [6.45, 7) is 1.96. The van der Waals surface area contributed by atoms with Gasteiger partial charge in [-0.15, -0.1) is 0 Å². The minimum absolute atomic E-state index is 0.445. The number of rotatable bonds is 2. The number of aromatic nitrogens is 2. The van der Waals surface area contributed by atoms with Crippen LogP contribution in [0.25, 0.3) is 11.5 Å². The summed E-state index contributed by atoms with van der Waals surface area (Å²) in [5, 5.41) is 4.87. The van der Waals surface area contributed by atoms with E-state index in [4.69, 9.17) is 21.9 Å². The van der Waals surface area contributed by atoms with Gasteiger partial charge in [0, 0.05) is 10.6 Å². The van der Waals surface area contributed by atoms with Crippen molar-refractivity contribution < 1.29 is 4.52 Å². The molecule has 0 spiro atoms. The molecule has 0 unspecified atom stereocenters. The predicted molar refractivity (Wildman–Crippen MR) is 83.0 cm³/mol. The van der Waals surface area contributed by atoms with Crippen LogP contribution in [0.15, 0.2) is 22.7 Å². The van der Waals surface area contributed by atoms with E-state index in [9.17, 15) is 0 Å². The fourth-order valence-electron chi connectivity index (χ4n) is 2.90. The van der Waals surface area contributed by atoms with Gasteiger partial charge in [0.2, 0.25) is 0 Å². The van der Waals surface area contributed by atoms with Crippen LogP contribution >= 0.6 is 11.6 Å². The van der Waals surface area contributed by atoms with Crippen LogP contribution in [0.3, 0.4) is 0 Å². The molecule has 2 N–H and O–H groups in total. The van der Waals surface area contributed by atoms with Gasteiger partial charge in [-0.3, -0.25) is 0 Å². The molecule has 0 saturated heterocycles. The van der Waals surface area contributed by atoms with Gasteiger partial charge in [0.05, 0.1) is 5.54 Å². The Morgan fingerprint density at radius 3 is 2.57 bits per heavy atom. The summed E-state index contributed by atoms with van der Waals surface area (Å²) in [6, 6.07) is 5.69. The van der Waals surface area contributed by atoms with Crippen LogP contribution in [0.4, 0.5) is 0 Å². The van der Waals surface area contributed by atoms with Gasteiger partial charge in [-0.05, 0) is 43.5 Å². The van der Waals surface area contributed by atoms with Crippen molar-refractivity contribution in [3.05, 3.63) is 34.6 Å². The highest BCUT2D eigenvalue weighted by atomic mass is 35.5. The van der Waals surface area contributed by atoms with Crippen LogP contribution in [-0.2, 0) is 5.54 Å². The molecule has 0 radical (unpaired) electrons. The molecule has 1 aromatic heterocycles. The number of hydrogen-bond acceptors (Lipinski definition) is 4. The van der Waals surface area contributed by atoms with Gasteiger partial charge < -0.3 is 10.3 Å². The summed E-state index contributed by atoms with van der Waals surface area (Å²) < 4.78 is 5.42. The highest BCUT2D eigenvalue weighted by Gasteiger charge is 2.33. The molecule has 1 aromatic carbocycles. The molecule has 112 valence electrons. The van der Waals surface area contributed by atoms with Crippen molar-refractivity contribution in [3.63, 3.8) is 0 Å². The molecule has 0 bridgehead atoms. The Labute approximate surface area is 129 Å². The van der Waals surface area contributed by atoms with Gasteiger partial charge >= 0.3 is 0 Å². The topological polar surface area (TPSA) is 64.9 Å². The minimum atomic E-state index is -0.445. The summed E-state index contributed by atoms with van der Waals surface area (Å²) in [5.74, 6) is 1.14. The standard InChI is InChI=1S/C16H20ClN3O/c1-11-10-12(6-7-13(11)17)14-19-15(20-21-14)16(18)8-4-2-3-5-9-16/h6-7,10H,2-5,8-9,18H2,1H3. The quantitative estimate of drug-likeness (QED) is 0.844. The summed E-state index contributed by atoms with van der Waals surface area (Å²) in [4.78, 5) is 4.54. The van der Waals surface area contributed by atoms with Crippen molar-refractivity contribution in [2.45, 2.75) is 51.0 Å². The van der Waals surface area contributed by atoms with Crippen LogP contribution in [0.5, 0.6) is 0 Å². The molecule has 4 nitrogen and oxygen atoms in total. The molecular weight excluding hydrogens is 286 g/mol. The van der Waals surface area contributed by atoms with Crippen molar-refractivity contribution in [2.75, 3.05) is 0 Å². The minimum Gasteiger partial charge on any atom is -0.334 e. The van der Waals surface area contributed by atoms with E-state index in [0.717, 1.165) is 41.8 Å². The highest BCUT2D eigenvalue weighted by Crippen LogP contribution is 2.33. The van der Waals surface area contributed by atoms with Crippen LogP contribution < -0.4 is 5.73 Å². The Hall–Kier alpha value is -1.39. The van der Waals surface area contributed by atoms with Crippen LogP contribution in [0.1, 0.15) is 49.9 Å². The van der Waals surface area contributed by atoms with E-state index in [1.165, 1.54) is 12.8 Å². The van der Waals surface area contributed by atoms with Crippen molar-refractivity contribution >= 4 is 11.6 Å². The number of aryl methyl sites for hydroxylation is 1. The van der Waals surface area contributed by atoms with E-state index in [-0.39, 0.29) is 0 Å². The SMILES string of the molecule is Cc1cc(-c2nc(C3(N)CCCCCC3)no2)ccc1Cl. The fraction of sp³-hybridized carbons (Fsp3) is 0.500. The maximum Gasteiger partial charge on any atom is 0.258 e. The van der Waals surface area contributed by atoms with Crippen LogP contribution in [0, 0.1) is 6.92 Å². The summed E-state index contributed by atoms with van der Waals surface area (Å²) in [6.07, 6.45) is 6.57. The molecule has 1 heterocycles. The third-order valence-corrected chi connectivity index (χ3v) is 4.70. The second-order valence-corrected chi connectivity index (χ2v) is 6.36. The smallest absolute Gasteiger partial charge is 0.258 e. The fourth-order valence-corrected chi connectivity index (χ4v) is 3.02. The molecule has 2 aromatic rings. The van der Waals surface area contributed by atoms with Gasteiger partial charge in [-0.2, -0.15) is 4.98 Å². The second-order valence-electron chi connectivity index (χ2n) is 5.96. The number of nitrogens with two attached hydrogens (primary N) is 1. The lowest BCUT2D eigenvalue weighted by Gasteiger charge is -2.23. The third kappa shape index (κ3) is 2.97.